The average Bonchev–Trinajstić information content (AvgIpc) is 2.96. The van der Waals surface area contributed by atoms with Crippen LogP contribution in [0.4, 0.5) is 5.82 Å². The first kappa shape index (κ1) is 10.4. The Kier molecular flexibility index (Phi) is 2.60. The molecule has 0 spiro atoms. The van der Waals surface area contributed by atoms with Crippen molar-refractivity contribution in [2.75, 3.05) is 24.5 Å². The van der Waals surface area contributed by atoms with Gasteiger partial charge in [-0.05, 0) is 47.9 Å². The van der Waals surface area contributed by atoms with Crippen LogP contribution in [0.25, 0.3) is 5.65 Å². The topological polar surface area (TPSA) is 85.2 Å². The third-order valence-corrected chi connectivity index (χ3v) is 3.24. The van der Waals surface area contributed by atoms with Crippen LogP contribution in [-0.2, 0) is 0 Å². The molecule has 17 heavy (non-hydrogen) atoms. The fourth-order valence-electron chi connectivity index (χ4n) is 2.32. The minimum Gasteiger partial charge on any atom is -0.355 e. The first-order valence-electron chi connectivity index (χ1n) is 5.87. The van der Waals surface area contributed by atoms with Crippen molar-refractivity contribution >= 4 is 11.5 Å². The summed E-state index contributed by atoms with van der Waals surface area (Å²) in [6, 6.07) is 3.86. The summed E-state index contributed by atoms with van der Waals surface area (Å²) in [6.45, 7) is 2.82. The highest BCUT2D eigenvalue weighted by molar-refractivity contribution is 5.44. The van der Waals surface area contributed by atoms with Gasteiger partial charge < -0.3 is 10.6 Å². The van der Waals surface area contributed by atoms with Crippen LogP contribution in [0.3, 0.4) is 0 Å². The lowest BCUT2D eigenvalue weighted by molar-refractivity contribution is 0.545. The van der Waals surface area contributed by atoms with Gasteiger partial charge in [0.2, 0.25) is 0 Å². The van der Waals surface area contributed by atoms with E-state index in [1.54, 1.807) is 0 Å². The van der Waals surface area contributed by atoms with Crippen LogP contribution in [0.1, 0.15) is 12.8 Å². The maximum atomic E-state index is 5.59. The zero-order valence-electron chi connectivity index (χ0n) is 9.53. The third-order valence-electron chi connectivity index (χ3n) is 3.24. The number of fused-ring (bicyclic) bond motifs is 1. The molecule has 0 saturated carbocycles. The van der Waals surface area contributed by atoms with Crippen molar-refractivity contribution in [1.82, 2.24) is 25.3 Å². The van der Waals surface area contributed by atoms with Crippen molar-refractivity contribution in [2.24, 2.45) is 11.7 Å². The van der Waals surface area contributed by atoms with Gasteiger partial charge in [-0.3, -0.25) is 0 Å². The van der Waals surface area contributed by atoms with E-state index in [2.05, 4.69) is 25.5 Å². The molecule has 7 heteroatoms. The number of hydrogen-bond acceptors (Lipinski definition) is 6. The van der Waals surface area contributed by atoms with E-state index in [1.807, 2.05) is 12.1 Å². The number of nitrogens with two attached hydrogens (primary N) is 1. The van der Waals surface area contributed by atoms with Gasteiger partial charge in [-0.25, -0.2) is 0 Å². The van der Waals surface area contributed by atoms with E-state index < -0.39 is 0 Å². The second kappa shape index (κ2) is 4.25. The molecular formula is C10H15N7. The zero-order valence-corrected chi connectivity index (χ0v) is 9.53. The zero-order chi connectivity index (χ0) is 11.7. The van der Waals surface area contributed by atoms with E-state index in [0.717, 1.165) is 31.9 Å². The Morgan fingerprint density at radius 2 is 2.35 bits per heavy atom. The summed E-state index contributed by atoms with van der Waals surface area (Å²) in [5.41, 5.74) is 6.26. The summed E-state index contributed by atoms with van der Waals surface area (Å²) < 4.78 is 1.46. The molecule has 2 aromatic rings. The fourth-order valence-corrected chi connectivity index (χ4v) is 2.32. The van der Waals surface area contributed by atoms with Crippen LogP contribution in [-0.4, -0.2) is 44.9 Å². The van der Waals surface area contributed by atoms with E-state index in [1.165, 1.54) is 11.1 Å². The molecule has 0 aromatic carbocycles. The summed E-state index contributed by atoms with van der Waals surface area (Å²) >= 11 is 0. The van der Waals surface area contributed by atoms with E-state index in [4.69, 9.17) is 5.73 Å². The average molecular weight is 233 g/mol. The van der Waals surface area contributed by atoms with E-state index in [-0.39, 0.29) is 0 Å². The van der Waals surface area contributed by atoms with Gasteiger partial charge in [-0.1, -0.05) is 0 Å². The summed E-state index contributed by atoms with van der Waals surface area (Å²) in [5, 5.41) is 15.6. The number of hydrogen-bond donors (Lipinski definition) is 1. The molecule has 1 fully saturated rings. The molecule has 2 N–H and O–H groups in total. The lowest BCUT2D eigenvalue weighted by atomic mass is 10.1. The number of rotatable bonds is 3. The predicted molar refractivity (Wildman–Crippen MR) is 62.6 cm³/mol. The number of aromatic nitrogens is 5. The molecule has 3 heterocycles. The lowest BCUT2D eigenvalue weighted by Gasteiger charge is -2.16. The number of anilines is 1. The molecule has 0 bridgehead atoms. The SMILES string of the molecule is NCCC1CCN(c2ccc3nnnn3n2)C1. The van der Waals surface area contributed by atoms with Gasteiger partial charge in [0.05, 0.1) is 0 Å². The molecule has 0 amide bonds. The maximum Gasteiger partial charge on any atom is 0.200 e. The molecular weight excluding hydrogens is 218 g/mol. The smallest absolute Gasteiger partial charge is 0.200 e. The van der Waals surface area contributed by atoms with E-state index in [0.29, 0.717) is 11.6 Å². The van der Waals surface area contributed by atoms with Crippen LogP contribution >= 0.6 is 0 Å². The van der Waals surface area contributed by atoms with Crippen LogP contribution in [0.15, 0.2) is 12.1 Å². The Morgan fingerprint density at radius 3 is 3.24 bits per heavy atom. The molecule has 1 atom stereocenters. The second-order valence-electron chi connectivity index (χ2n) is 4.40. The molecule has 7 nitrogen and oxygen atoms in total. The van der Waals surface area contributed by atoms with Crippen molar-refractivity contribution in [3.8, 4) is 0 Å². The monoisotopic (exact) mass is 233 g/mol. The van der Waals surface area contributed by atoms with E-state index in [9.17, 15) is 0 Å². The van der Waals surface area contributed by atoms with E-state index >= 15 is 0 Å². The van der Waals surface area contributed by atoms with Crippen LogP contribution in [0, 0.1) is 5.92 Å². The highest BCUT2D eigenvalue weighted by Gasteiger charge is 2.23. The Bertz CT molecular complexity index is 508. The first-order chi connectivity index (χ1) is 8.36. The normalized spacial score (nSPS) is 20.3. The van der Waals surface area contributed by atoms with Crippen LogP contribution in [0.5, 0.6) is 0 Å². The highest BCUT2D eigenvalue weighted by atomic mass is 15.6. The summed E-state index contributed by atoms with van der Waals surface area (Å²) in [7, 11) is 0. The molecule has 1 aliphatic rings. The van der Waals surface area contributed by atoms with Gasteiger partial charge in [0.15, 0.2) is 11.5 Å². The molecule has 1 aliphatic heterocycles. The van der Waals surface area contributed by atoms with Crippen molar-refractivity contribution in [1.29, 1.82) is 0 Å². The molecule has 0 radical (unpaired) electrons. The van der Waals surface area contributed by atoms with Crippen molar-refractivity contribution < 1.29 is 0 Å². The standard InChI is InChI=1S/C10H15N7/c11-5-3-8-4-6-16(7-8)10-2-1-9-12-14-15-17(9)13-10/h1-2,8H,3-7,11H2. The fraction of sp³-hybridized carbons (Fsp3) is 0.600. The van der Waals surface area contributed by atoms with Crippen molar-refractivity contribution in [2.45, 2.75) is 12.8 Å². The minimum absolute atomic E-state index is 0.673. The Labute approximate surface area is 98.6 Å². The molecule has 90 valence electrons. The van der Waals surface area contributed by atoms with Gasteiger partial charge in [0.25, 0.3) is 0 Å². The van der Waals surface area contributed by atoms with Crippen LogP contribution < -0.4 is 10.6 Å². The molecule has 2 aromatic heterocycles. The van der Waals surface area contributed by atoms with Crippen molar-refractivity contribution in [3.05, 3.63) is 12.1 Å². The van der Waals surface area contributed by atoms with Crippen LogP contribution in [0.2, 0.25) is 0 Å². The third kappa shape index (κ3) is 1.93. The summed E-state index contributed by atoms with van der Waals surface area (Å²) in [6.07, 6.45) is 2.27. The first-order valence-corrected chi connectivity index (χ1v) is 5.87. The van der Waals surface area contributed by atoms with Gasteiger partial charge in [-0.15, -0.1) is 14.8 Å². The number of nitrogens with zero attached hydrogens (tertiary/aromatic N) is 6. The Balaban J connectivity index is 1.80. The summed E-state index contributed by atoms with van der Waals surface area (Å²) in [5.74, 6) is 1.62. The molecule has 3 rings (SSSR count). The Hall–Kier alpha value is -1.76. The predicted octanol–water partition coefficient (Wildman–Crippen LogP) is -0.306. The maximum absolute atomic E-state index is 5.59. The lowest BCUT2D eigenvalue weighted by Crippen LogP contribution is -2.22. The molecule has 1 saturated heterocycles. The summed E-state index contributed by atoms with van der Waals surface area (Å²) in [4.78, 5) is 2.27. The van der Waals surface area contributed by atoms with Gasteiger partial charge in [0.1, 0.15) is 0 Å². The molecule has 1 unspecified atom stereocenters. The number of tetrazole rings is 1. The van der Waals surface area contributed by atoms with Gasteiger partial charge >= 0.3 is 0 Å². The quantitative estimate of drug-likeness (QED) is 0.783. The van der Waals surface area contributed by atoms with Gasteiger partial charge in [0, 0.05) is 13.1 Å². The minimum atomic E-state index is 0.673. The largest absolute Gasteiger partial charge is 0.355 e. The Morgan fingerprint density at radius 1 is 1.41 bits per heavy atom. The highest BCUT2D eigenvalue weighted by Crippen LogP contribution is 2.23. The molecule has 0 aliphatic carbocycles. The second-order valence-corrected chi connectivity index (χ2v) is 4.40. The van der Waals surface area contributed by atoms with Crippen molar-refractivity contribution in [3.63, 3.8) is 0 Å². The van der Waals surface area contributed by atoms with Gasteiger partial charge in [-0.2, -0.15) is 0 Å².